The molecular formula is C14H25ClN4. The van der Waals surface area contributed by atoms with Crippen molar-refractivity contribution in [3.63, 3.8) is 0 Å². The highest BCUT2D eigenvalue weighted by atomic mass is 35.5. The molecule has 108 valence electrons. The van der Waals surface area contributed by atoms with E-state index in [0.29, 0.717) is 10.7 Å². The summed E-state index contributed by atoms with van der Waals surface area (Å²) in [6.45, 7) is 9.66. The molecule has 0 radical (unpaired) electrons. The van der Waals surface area contributed by atoms with Gasteiger partial charge in [-0.25, -0.2) is 0 Å². The van der Waals surface area contributed by atoms with Crippen molar-refractivity contribution >= 4 is 17.3 Å². The summed E-state index contributed by atoms with van der Waals surface area (Å²) in [4.78, 5) is 2.41. The van der Waals surface area contributed by atoms with E-state index in [-0.39, 0.29) is 5.54 Å². The molecule has 5 heteroatoms. The van der Waals surface area contributed by atoms with Gasteiger partial charge in [-0.05, 0) is 32.0 Å². The Morgan fingerprint density at radius 1 is 1.32 bits per heavy atom. The predicted octanol–water partition coefficient (Wildman–Crippen LogP) is 1.55. The molecule has 0 atom stereocenters. The van der Waals surface area contributed by atoms with Crippen molar-refractivity contribution in [1.29, 1.82) is 0 Å². The van der Waals surface area contributed by atoms with Crippen molar-refractivity contribution in [3.05, 3.63) is 29.3 Å². The minimum Gasteiger partial charge on any atom is -0.399 e. The van der Waals surface area contributed by atoms with Crippen LogP contribution in [0.3, 0.4) is 0 Å². The fraction of sp³-hybridized carbons (Fsp3) is 0.571. The minimum absolute atomic E-state index is 0.0443. The van der Waals surface area contributed by atoms with Crippen molar-refractivity contribution in [2.75, 3.05) is 38.5 Å². The molecule has 1 aromatic rings. The zero-order valence-electron chi connectivity index (χ0n) is 11.8. The Morgan fingerprint density at radius 2 is 1.95 bits per heavy atom. The van der Waals surface area contributed by atoms with E-state index in [0.717, 1.165) is 32.7 Å². The minimum atomic E-state index is -0.0443. The lowest BCUT2D eigenvalue weighted by molar-refractivity contribution is 0.202. The summed E-state index contributed by atoms with van der Waals surface area (Å²) < 4.78 is 0. The van der Waals surface area contributed by atoms with Gasteiger partial charge in [-0.15, -0.1) is 0 Å². The van der Waals surface area contributed by atoms with Gasteiger partial charge in [0.2, 0.25) is 0 Å². The Bertz CT molecular complexity index is 353. The molecule has 5 N–H and O–H groups in total. The highest BCUT2D eigenvalue weighted by Gasteiger charge is 2.17. The molecule has 0 amide bonds. The number of piperazine rings is 1. The molecule has 1 heterocycles. The molecule has 1 aliphatic heterocycles. The van der Waals surface area contributed by atoms with Gasteiger partial charge in [0.25, 0.3) is 0 Å². The SMILES string of the molecule is CC(C)(N)CN1CCNCC1.Nc1cccc(Cl)c1. The number of nitrogens with zero attached hydrogens (tertiary/aromatic N) is 1. The van der Waals surface area contributed by atoms with E-state index in [9.17, 15) is 0 Å². The highest BCUT2D eigenvalue weighted by Crippen LogP contribution is 2.10. The molecule has 0 unspecified atom stereocenters. The summed E-state index contributed by atoms with van der Waals surface area (Å²) in [6, 6.07) is 7.11. The Hall–Kier alpha value is -0.810. The van der Waals surface area contributed by atoms with Gasteiger partial charge in [0, 0.05) is 49.0 Å². The van der Waals surface area contributed by atoms with Crippen LogP contribution in [-0.4, -0.2) is 43.2 Å². The normalized spacial score (nSPS) is 16.6. The molecule has 0 aromatic heterocycles. The smallest absolute Gasteiger partial charge is 0.0426 e. The third-order valence-electron chi connectivity index (χ3n) is 2.69. The topological polar surface area (TPSA) is 67.3 Å². The molecule has 2 rings (SSSR count). The Kier molecular flexibility index (Phi) is 6.58. The summed E-state index contributed by atoms with van der Waals surface area (Å²) in [5, 5.41) is 4.00. The molecule has 19 heavy (non-hydrogen) atoms. The molecule has 4 nitrogen and oxygen atoms in total. The largest absolute Gasteiger partial charge is 0.399 e. The second-order valence-corrected chi connectivity index (χ2v) is 6.01. The number of nitrogen functional groups attached to an aromatic ring is 1. The Labute approximate surface area is 121 Å². The van der Waals surface area contributed by atoms with E-state index in [1.807, 2.05) is 6.07 Å². The summed E-state index contributed by atoms with van der Waals surface area (Å²) in [6.07, 6.45) is 0. The monoisotopic (exact) mass is 284 g/mol. The summed E-state index contributed by atoms with van der Waals surface area (Å²) >= 11 is 5.56. The number of nitrogens with one attached hydrogen (secondary N) is 1. The molecule has 1 aromatic carbocycles. The van der Waals surface area contributed by atoms with E-state index in [4.69, 9.17) is 23.1 Å². The van der Waals surface area contributed by atoms with Crippen LogP contribution in [0.25, 0.3) is 0 Å². The zero-order chi connectivity index (χ0) is 14.3. The molecule has 0 bridgehead atoms. The number of nitrogens with two attached hydrogens (primary N) is 2. The standard InChI is InChI=1S/C8H19N3.C6H6ClN/c1-8(2,9)7-11-5-3-10-4-6-11;7-5-2-1-3-6(8)4-5/h10H,3-7,9H2,1-2H3;1-4H,8H2. The van der Waals surface area contributed by atoms with Gasteiger partial charge in [0.15, 0.2) is 0 Å². The van der Waals surface area contributed by atoms with Crippen molar-refractivity contribution in [1.82, 2.24) is 10.2 Å². The average molecular weight is 285 g/mol. The van der Waals surface area contributed by atoms with Crippen LogP contribution in [0.5, 0.6) is 0 Å². The van der Waals surface area contributed by atoms with Gasteiger partial charge in [0.1, 0.15) is 0 Å². The van der Waals surface area contributed by atoms with E-state index < -0.39 is 0 Å². The van der Waals surface area contributed by atoms with Gasteiger partial charge in [-0.2, -0.15) is 0 Å². The van der Waals surface area contributed by atoms with Crippen LogP contribution in [0.1, 0.15) is 13.8 Å². The van der Waals surface area contributed by atoms with Gasteiger partial charge < -0.3 is 16.8 Å². The van der Waals surface area contributed by atoms with E-state index in [2.05, 4.69) is 24.1 Å². The van der Waals surface area contributed by atoms with Crippen LogP contribution in [0.4, 0.5) is 5.69 Å². The van der Waals surface area contributed by atoms with Gasteiger partial charge >= 0.3 is 0 Å². The molecule has 1 aliphatic rings. The summed E-state index contributed by atoms with van der Waals surface area (Å²) in [5.74, 6) is 0. The third-order valence-corrected chi connectivity index (χ3v) is 2.92. The number of benzene rings is 1. The van der Waals surface area contributed by atoms with Crippen LogP contribution in [0.2, 0.25) is 5.02 Å². The van der Waals surface area contributed by atoms with Crippen LogP contribution in [0, 0.1) is 0 Å². The summed E-state index contributed by atoms with van der Waals surface area (Å²) in [5.41, 5.74) is 11.9. The van der Waals surface area contributed by atoms with Crippen LogP contribution in [-0.2, 0) is 0 Å². The van der Waals surface area contributed by atoms with Gasteiger partial charge in [0.05, 0.1) is 0 Å². The number of rotatable bonds is 2. The summed E-state index contributed by atoms with van der Waals surface area (Å²) in [7, 11) is 0. The van der Waals surface area contributed by atoms with E-state index in [1.54, 1.807) is 18.2 Å². The Morgan fingerprint density at radius 3 is 2.37 bits per heavy atom. The van der Waals surface area contributed by atoms with E-state index in [1.165, 1.54) is 0 Å². The molecular weight excluding hydrogens is 260 g/mol. The quantitative estimate of drug-likeness (QED) is 0.721. The molecule has 0 spiro atoms. The first-order valence-corrected chi connectivity index (χ1v) is 6.98. The first kappa shape index (κ1) is 16.2. The number of anilines is 1. The maximum absolute atomic E-state index is 5.90. The first-order valence-electron chi connectivity index (χ1n) is 6.60. The van der Waals surface area contributed by atoms with Crippen molar-refractivity contribution in [2.45, 2.75) is 19.4 Å². The Balaban J connectivity index is 0.000000200. The fourth-order valence-electron chi connectivity index (χ4n) is 1.95. The zero-order valence-corrected chi connectivity index (χ0v) is 12.6. The van der Waals surface area contributed by atoms with Crippen LogP contribution in [0.15, 0.2) is 24.3 Å². The molecule has 1 fully saturated rings. The predicted molar refractivity (Wildman–Crippen MR) is 83.4 cm³/mol. The first-order chi connectivity index (χ1) is 8.87. The van der Waals surface area contributed by atoms with Gasteiger partial charge in [-0.1, -0.05) is 17.7 Å². The lowest BCUT2D eigenvalue weighted by atomic mass is 10.1. The number of hydrogen-bond acceptors (Lipinski definition) is 4. The van der Waals surface area contributed by atoms with Crippen molar-refractivity contribution in [3.8, 4) is 0 Å². The molecule has 0 aliphatic carbocycles. The number of halogens is 1. The van der Waals surface area contributed by atoms with Crippen LogP contribution >= 0.6 is 11.6 Å². The average Bonchev–Trinajstić information content (AvgIpc) is 2.28. The van der Waals surface area contributed by atoms with Crippen molar-refractivity contribution in [2.24, 2.45) is 5.73 Å². The maximum Gasteiger partial charge on any atom is 0.0426 e. The molecule has 1 saturated heterocycles. The molecule has 0 saturated carbocycles. The van der Waals surface area contributed by atoms with Crippen LogP contribution < -0.4 is 16.8 Å². The second kappa shape index (κ2) is 7.70. The number of hydrogen-bond donors (Lipinski definition) is 3. The highest BCUT2D eigenvalue weighted by molar-refractivity contribution is 6.30. The van der Waals surface area contributed by atoms with Gasteiger partial charge in [-0.3, -0.25) is 4.90 Å². The lowest BCUT2D eigenvalue weighted by Gasteiger charge is -2.32. The maximum atomic E-state index is 5.90. The lowest BCUT2D eigenvalue weighted by Crippen LogP contribution is -2.51. The second-order valence-electron chi connectivity index (χ2n) is 5.57. The van der Waals surface area contributed by atoms with E-state index >= 15 is 0 Å². The van der Waals surface area contributed by atoms with Crippen molar-refractivity contribution < 1.29 is 0 Å². The fourth-order valence-corrected chi connectivity index (χ4v) is 2.15. The third kappa shape index (κ3) is 8.06.